The third-order valence-electron chi connectivity index (χ3n) is 5.61. The fraction of sp³-hybridized carbons (Fsp3) is 0.261. The number of hydrogen-bond acceptors (Lipinski definition) is 3. The smallest absolute Gasteiger partial charge is 0.272 e. The zero-order valence-corrected chi connectivity index (χ0v) is 18.7. The van der Waals surface area contributed by atoms with Crippen LogP contribution in [0.3, 0.4) is 0 Å². The molecule has 2 aromatic rings. The van der Waals surface area contributed by atoms with Crippen molar-refractivity contribution in [3.05, 3.63) is 80.8 Å². The summed E-state index contributed by atoms with van der Waals surface area (Å²) in [6.07, 6.45) is 3.09. The first-order chi connectivity index (χ1) is 14.3. The number of nitrogens with zero attached hydrogens (tertiary/aromatic N) is 2. The van der Waals surface area contributed by atoms with Gasteiger partial charge in [0.15, 0.2) is 0 Å². The van der Waals surface area contributed by atoms with Crippen molar-refractivity contribution < 1.29 is 14.4 Å². The molecule has 5 nitrogen and oxygen atoms in total. The van der Waals surface area contributed by atoms with E-state index in [-0.39, 0.29) is 18.4 Å². The lowest BCUT2D eigenvalue weighted by atomic mass is 9.82. The van der Waals surface area contributed by atoms with Crippen molar-refractivity contribution in [1.29, 1.82) is 0 Å². The van der Waals surface area contributed by atoms with Gasteiger partial charge in [-0.15, -0.1) is 0 Å². The van der Waals surface area contributed by atoms with Crippen molar-refractivity contribution in [2.75, 3.05) is 0 Å². The summed E-state index contributed by atoms with van der Waals surface area (Å²) in [6, 6.07) is 13.9. The van der Waals surface area contributed by atoms with Crippen LogP contribution in [0.25, 0.3) is 0 Å². The van der Waals surface area contributed by atoms with Gasteiger partial charge >= 0.3 is 0 Å². The van der Waals surface area contributed by atoms with Crippen LogP contribution in [0.4, 0.5) is 0 Å². The number of benzene rings is 2. The molecule has 1 fully saturated rings. The summed E-state index contributed by atoms with van der Waals surface area (Å²) in [7, 11) is 0. The van der Waals surface area contributed by atoms with E-state index < -0.39 is 17.7 Å². The molecule has 0 N–H and O–H groups in total. The Bertz CT molecular complexity index is 1030. The summed E-state index contributed by atoms with van der Waals surface area (Å²) in [5, 5.41) is 2.85. The van der Waals surface area contributed by atoms with Gasteiger partial charge < -0.3 is 0 Å². The van der Waals surface area contributed by atoms with E-state index in [1.807, 2.05) is 37.3 Å². The van der Waals surface area contributed by atoms with E-state index in [4.69, 9.17) is 11.6 Å². The molecule has 0 bridgehead atoms. The number of imide groups is 1. The van der Waals surface area contributed by atoms with Gasteiger partial charge in [-0.1, -0.05) is 51.3 Å². The Morgan fingerprint density at radius 3 is 2.37 bits per heavy atom. The second-order valence-corrected chi connectivity index (χ2v) is 9.04. The van der Waals surface area contributed by atoms with Gasteiger partial charge in [0.05, 0.1) is 18.4 Å². The molecule has 1 aliphatic heterocycles. The molecule has 3 amide bonds. The number of hydrogen-bond donors (Lipinski definition) is 0. The first-order valence-corrected chi connectivity index (χ1v) is 10.9. The van der Waals surface area contributed by atoms with Crippen molar-refractivity contribution in [2.24, 2.45) is 11.8 Å². The number of carbonyl (C=O) groups excluding carboxylic acids is 3. The highest BCUT2D eigenvalue weighted by Crippen LogP contribution is 2.39. The highest BCUT2D eigenvalue weighted by Gasteiger charge is 2.51. The Morgan fingerprint density at radius 1 is 1.07 bits per heavy atom. The van der Waals surface area contributed by atoms with Crippen LogP contribution in [-0.4, -0.2) is 27.7 Å². The second kappa shape index (κ2) is 8.36. The predicted molar refractivity (Wildman–Crippen MR) is 117 cm³/mol. The van der Waals surface area contributed by atoms with Gasteiger partial charge in [-0.25, -0.2) is 5.01 Å². The number of carbonyl (C=O) groups is 3. The lowest BCUT2D eigenvalue weighted by molar-refractivity contribution is -0.155. The van der Waals surface area contributed by atoms with E-state index in [2.05, 4.69) is 15.9 Å². The third kappa shape index (κ3) is 3.94. The first kappa shape index (κ1) is 20.8. The van der Waals surface area contributed by atoms with Crippen LogP contribution in [0.2, 0.25) is 5.02 Å². The third-order valence-corrected chi connectivity index (χ3v) is 6.39. The number of halogens is 2. The SMILES string of the molecule is CC1=CC[C@H]2C(=O)N(N(Cc3ccc(Br)cc3)C(=O)c3ccc(Cl)cc3)C(=O)[C@@H]2C1. The molecule has 2 atom stereocenters. The largest absolute Gasteiger partial charge is 0.273 e. The number of fused-ring (bicyclic) bond motifs is 1. The van der Waals surface area contributed by atoms with Crippen LogP contribution in [0.15, 0.2) is 64.7 Å². The summed E-state index contributed by atoms with van der Waals surface area (Å²) in [6.45, 7) is 2.08. The lowest BCUT2D eigenvalue weighted by Crippen LogP contribution is -2.49. The molecule has 1 heterocycles. The van der Waals surface area contributed by atoms with E-state index >= 15 is 0 Å². The minimum atomic E-state index is -0.417. The van der Waals surface area contributed by atoms with E-state index in [0.717, 1.165) is 20.6 Å². The average molecular weight is 488 g/mol. The quantitative estimate of drug-likeness (QED) is 0.450. The van der Waals surface area contributed by atoms with Gasteiger partial charge in [0, 0.05) is 15.1 Å². The topological polar surface area (TPSA) is 57.7 Å². The fourth-order valence-corrected chi connectivity index (χ4v) is 4.39. The van der Waals surface area contributed by atoms with Crippen molar-refractivity contribution in [1.82, 2.24) is 10.0 Å². The van der Waals surface area contributed by atoms with Crippen LogP contribution in [0, 0.1) is 11.8 Å². The van der Waals surface area contributed by atoms with E-state index in [0.29, 0.717) is 23.4 Å². The Morgan fingerprint density at radius 2 is 1.70 bits per heavy atom. The van der Waals surface area contributed by atoms with Gasteiger partial charge in [-0.2, -0.15) is 5.01 Å². The van der Waals surface area contributed by atoms with Gasteiger partial charge in [0.2, 0.25) is 0 Å². The number of rotatable bonds is 4. The summed E-state index contributed by atoms with van der Waals surface area (Å²) in [5.74, 6) is -1.86. The monoisotopic (exact) mass is 486 g/mol. The first-order valence-electron chi connectivity index (χ1n) is 9.70. The molecule has 0 spiro atoms. The van der Waals surface area contributed by atoms with E-state index in [1.165, 1.54) is 5.01 Å². The molecule has 2 aromatic carbocycles. The maximum Gasteiger partial charge on any atom is 0.273 e. The van der Waals surface area contributed by atoms with Crippen molar-refractivity contribution in [3.8, 4) is 0 Å². The Labute approximate surface area is 188 Å². The number of hydrazine groups is 1. The highest BCUT2D eigenvalue weighted by molar-refractivity contribution is 9.10. The molecule has 1 saturated heterocycles. The lowest BCUT2D eigenvalue weighted by Gasteiger charge is -2.30. The van der Waals surface area contributed by atoms with Gasteiger partial charge in [-0.3, -0.25) is 14.4 Å². The van der Waals surface area contributed by atoms with Crippen LogP contribution in [0.5, 0.6) is 0 Å². The summed E-state index contributed by atoms with van der Waals surface area (Å²) >= 11 is 9.36. The zero-order valence-electron chi connectivity index (χ0n) is 16.3. The van der Waals surface area contributed by atoms with Crippen molar-refractivity contribution in [2.45, 2.75) is 26.3 Å². The zero-order chi connectivity index (χ0) is 21.4. The van der Waals surface area contributed by atoms with Crippen LogP contribution in [-0.2, 0) is 16.1 Å². The molecule has 4 rings (SSSR count). The standard InChI is InChI=1S/C23H20BrClN2O3/c1-14-2-11-19-20(12-14)23(30)27(22(19)29)26(13-15-3-7-17(24)8-4-15)21(28)16-5-9-18(25)10-6-16/h2-10,19-20H,11-13H2,1H3/t19-,20-/m1/s1. The molecule has 2 aliphatic rings. The predicted octanol–water partition coefficient (Wildman–Crippen LogP) is 5.00. The molecular formula is C23H20BrClN2O3. The highest BCUT2D eigenvalue weighted by atomic mass is 79.9. The molecule has 30 heavy (non-hydrogen) atoms. The van der Waals surface area contributed by atoms with E-state index in [9.17, 15) is 14.4 Å². The molecule has 0 unspecified atom stereocenters. The van der Waals surface area contributed by atoms with Gasteiger partial charge in [0.25, 0.3) is 17.7 Å². The second-order valence-electron chi connectivity index (χ2n) is 7.69. The average Bonchev–Trinajstić information content (AvgIpc) is 2.97. The molecule has 154 valence electrons. The normalized spacial score (nSPS) is 20.8. The molecule has 0 radical (unpaired) electrons. The van der Waals surface area contributed by atoms with Gasteiger partial charge in [0.1, 0.15) is 0 Å². The van der Waals surface area contributed by atoms with Crippen LogP contribution < -0.4 is 0 Å². The number of amides is 3. The molecule has 1 aliphatic carbocycles. The molecular weight excluding hydrogens is 468 g/mol. The van der Waals surface area contributed by atoms with Crippen LogP contribution in [0.1, 0.15) is 35.7 Å². The Kier molecular flexibility index (Phi) is 5.80. The fourth-order valence-electron chi connectivity index (χ4n) is 4.00. The van der Waals surface area contributed by atoms with Crippen molar-refractivity contribution >= 4 is 45.3 Å². The minimum Gasteiger partial charge on any atom is -0.272 e. The van der Waals surface area contributed by atoms with Gasteiger partial charge in [-0.05, 0) is 61.7 Å². The Balaban J connectivity index is 1.70. The maximum atomic E-state index is 13.4. The molecule has 0 aromatic heterocycles. The molecule has 7 heteroatoms. The summed E-state index contributed by atoms with van der Waals surface area (Å²) < 4.78 is 0.905. The molecule has 0 saturated carbocycles. The Hall–Kier alpha value is -2.44. The number of allylic oxidation sites excluding steroid dienone is 2. The summed E-state index contributed by atoms with van der Waals surface area (Å²) in [4.78, 5) is 39.8. The van der Waals surface area contributed by atoms with Crippen LogP contribution >= 0.6 is 27.5 Å². The minimum absolute atomic E-state index is 0.109. The van der Waals surface area contributed by atoms with Crippen molar-refractivity contribution in [3.63, 3.8) is 0 Å². The maximum absolute atomic E-state index is 13.4. The van der Waals surface area contributed by atoms with E-state index in [1.54, 1.807) is 24.3 Å². The summed E-state index contributed by atoms with van der Waals surface area (Å²) in [5.41, 5.74) is 2.27.